The van der Waals surface area contributed by atoms with Gasteiger partial charge in [0.2, 0.25) is 0 Å². The fourth-order valence-electron chi connectivity index (χ4n) is 15.4. The maximum Gasteiger partial charge on any atom is 0.0630 e. The van der Waals surface area contributed by atoms with Crippen LogP contribution in [0.3, 0.4) is 0 Å². The van der Waals surface area contributed by atoms with Crippen molar-refractivity contribution in [2.24, 2.45) is 130 Å². The maximum absolute atomic E-state index is 9.74. The lowest BCUT2D eigenvalue weighted by Crippen LogP contribution is -2.35. The van der Waals surface area contributed by atoms with E-state index in [9.17, 15) is 40.9 Å². The summed E-state index contributed by atoms with van der Waals surface area (Å²) in [4.78, 5) is 0. The summed E-state index contributed by atoms with van der Waals surface area (Å²) in [6.45, 7) is 60.7. The molecule has 8 aliphatic carbocycles. The lowest BCUT2D eigenvalue weighted by atomic mass is 9.72. The normalized spacial score (nSPS) is 44.4. The Labute approximate surface area is 531 Å². The van der Waals surface area contributed by atoms with Gasteiger partial charge < -0.3 is 40.9 Å². The molecule has 0 spiro atoms. The van der Waals surface area contributed by atoms with E-state index < -0.39 is 0 Å². The molecule has 30 unspecified atom stereocenters. The van der Waals surface area contributed by atoms with Crippen molar-refractivity contribution < 1.29 is 40.9 Å². The summed E-state index contributed by atoms with van der Waals surface area (Å²) < 4.78 is 0. The Morgan fingerprint density at radius 3 is 1.23 bits per heavy atom. The molecule has 8 heteroatoms. The molecule has 8 nitrogen and oxygen atoms in total. The van der Waals surface area contributed by atoms with Gasteiger partial charge in [-0.2, -0.15) is 0 Å². The fraction of sp³-hybridized carbons (Fsp3) is 0.795. The maximum atomic E-state index is 9.74. The van der Waals surface area contributed by atoms with Gasteiger partial charge in [-0.1, -0.05) is 146 Å². The molecule has 86 heavy (non-hydrogen) atoms. The third-order valence-electron chi connectivity index (χ3n) is 22.9. The molecular formula is C78H140O8. The van der Waals surface area contributed by atoms with Crippen molar-refractivity contribution in [2.75, 3.05) is 0 Å². The molecule has 8 saturated carbocycles. The number of rotatable bonds is 8. The Balaban J connectivity index is 0.000000492. The highest BCUT2D eigenvalue weighted by molar-refractivity contribution is 4.98. The van der Waals surface area contributed by atoms with E-state index in [1.807, 2.05) is 48.6 Å². The largest absolute Gasteiger partial charge is 0.393 e. The first-order valence-corrected chi connectivity index (χ1v) is 34.9. The van der Waals surface area contributed by atoms with E-state index >= 15 is 0 Å². The van der Waals surface area contributed by atoms with E-state index in [0.29, 0.717) is 112 Å². The molecule has 8 N–H and O–H groups in total. The third kappa shape index (κ3) is 27.6. The summed E-state index contributed by atoms with van der Waals surface area (Å²) in [7, 11) is 0. The van der Waals surface area contributed by atoms with Gasteiger partial charge in [0, 0.05) is 35.5 Å². The zero-order chi connectivity index (χ0) is 65.7. The Morgan fingerprint density at radius 2 is 0.733 bits per heavy atom. The van der Waals surface area contributed by atoms with Crippen LogP contribution in [0, 0.1) is 130 Å². The first kappa shape index (κ1) is 81.6. The Kier molecular flexibility index (Phi) is 40.4. The van der Waals surface area contributed by atoms with Crippen LogP contribution in [0.25, 0.3) is 0 Å². The minimum Gasteiger partial charge on any atom is -0.393 e. The Hall–Kier alpha value is -2.40. The van der Waals surface area contributed by atoms with Gasteiger partial charge in [0.1, 0.15) is 0 Å². The minimum absolute atomic E-state index is 0.0498. The number of hydrogen-bond acceptors (Lipinski definition) is 8. The molecule has 8 aliphatic rings. The summed E-state index contributed by atoms with van der Waals surface area (Å²) in [5.74, 6) is 11.7. The molecule has 0 aromatic carbocycles. The van der Waals surface area contributed by atoms with Crippen LogP contribution in [-0.4, -0.2) is 89.7 Å². The molecule has 0 aliphatic heterocycles. The molecule has 500 valence electrons. The van der Waals surface area contributed by atoms with E-state index in [1.54, 1.807) is 0 Å². The van der Waals surface area contributed by atoms with Gasteiger partial charge >= 0.3 is 0 Å². The van der Waals surface area contributed by atoms with Gasteiger partial charge in [0.05, 0.1) is 48.8 Å². The summed E-state index contributed by atoms with van der Waals surface area (Å²) >= 11 is 0. The number of aliphatic hydroxyl groups is 8. The summed E-state index contributed by atoms with van der Waals surface area (Å²) in [6, 6.07) is 0. The fourth-order valence-corrected chi connectivity index (χ4v) is 15.4. The molecule has 0 amide bonds. The van der Waals surface area contributed by atoms with Gasteiger partial charge in [-0.3, -0.25) is 0 Å². The highest BCUT2D eigenvalue weighted by Gasteiger charge is 2.36. The molecule has 0 saturated heterocycles. The Morgan fingerprint density at radius 1 is 0.244 bits per heavy atom. The van der Waals surface area contributed by atoms with Crippen LogP contribution in [0.4, 0.5) is 0 Å². The van der Waals surface area contributed by atoms with Gasteiger partial charge in [0.25, 0.3) is 0 Å². The number of aliphatic hydroxyl groups excluding tert-OH is 8. The zero-order valence-electron chi connectivity index (χ0n) is 57.9. The lowest BCUT2D eigenvalue weighted by Gasteiger charge is -2.36. The highest BCUT2D eigenvalue weighted by Crippen LogP contribution is 2.39. The van der Waals surface area contributed by atoms with Crippen LogP contribution in [-0.2, 0) is 0 Å². The van der Waals surface area contributed by atoms with Crippen molar-refractivity contribution in [2.45, 2.75) is 261 Å². The zero-order valence-corrected chi connectivity index (χ0v) is 57.9. The number of hydrogen-bond donors (Lipinski definition) is 8. The molecule has 30 atom stereocenters. The molecular weight excluding hydrogens is 1060 g/mol. The average Bonchev–Trinajstić information content (AvgIpc) is 3.58. The summed E-state index contributed by atoms with van der Waals surface area (Å²) in [6.07, 6.45) is 34.0. The lowest BCUT2D eigenvalue weighted by molar-refractivity contribution is 0.0171. The molecule has 0 aromatic rings. The van der Waals surface area contributed by atoms with Crippen LogP contribution in [0.15, 0.2) is 101 Å². The van der Waals surface area contributed by atoms with Crippen molar-refractivity contribution in [3.63, 3.8) is 0 Å². The van der Waals surface area contributed by atoms with Crippen LogP contribution in [0.1, 0.15) is 213 Å². The smallest absolute Gasteiger partial charge is 0.0630 e. The molecule has 0 bridgehead atoms. The van der Waals surface area contributed by atoms with Gasteiger partial charge in [0.15, 0.2) is 0 Å². The van der Waals surface area contributed by atoms with Gasteiger partial charge in [-0.15, -0.1) is 52.6 Å². The van der Waals surface area contributed by atoms with Crippen LogP contribution >= 0.6 is 0 Å². The molecule has 0 heterocycles. The molecule has 8 fully saturated rings. The third-order valence-corrected chi connectivity index (χ3v) is 22.9. The van der Waals surface area contributed by atoms with Crippen molar-refractivity contribution in [1.29, 1.82) is 0 Å². The Bertz CT molecular complexity index is 1830. The number of allylic oxidation sites excluding steroid dienone is 2. The predicted octanol–water partition coefficient (Wildman–Crippen LogP) is 17.2. The highest BCUT2D eigenvalue weighted by atomic mass is 16.3. The quantitative estimate of drug-likeness (QED) is 0.111. The molecule has 0 radical (unpaired) electrons. The first-order valence-electron chi connectivity index (χ1n) is 34.9. The first-order chi connectivity index (χ1) is 40.4. The van der Waals surface area contributed by atoms with Gasteiger partial charge in [-0.25, -0.2) is 0 Å². The van der Waals surface area contributed by atoms with E-state index in [4.69, 9.17) is 0 Å². The van der Waals surface area contributed by atoms with Crippen LogP contribution < -0.4 is 0 Å². The predicted molar refractivity (Wildman–Crippen MR) is 369 cm³/mol. The van der Waals surface area contributed by atoms with Crippen molar-refractivity contribution in [3.05, 3.63) is 101 Å². The van der Waals surface area contributed by atoms with E-state index in [0.717, 1.165) is 114 Å². The monoisotopic (exact) mass is 1210 g/mol. The van der Waals surface area contributed by atoms with E-state index in [2.05, 4.69) is 150 Å². The topological polar surface area (TPSA) is 162 Å². The summed E-state index contributed by atoms with van der Waals surface area (Å²) in [5.41, 5.74) is 0. The van der Waals surface area contributed by atoms with Crippen molar-refractivity contribution in [3.8, 4) is 0 Å². The standard InChI is InChI=1S/6C10H18O.2C9H16O/c1-4-9-5-7(2)8(3)6-10(9)11;1-4-9-8(3)5-7(2)6-10(9)11;1-4-9-6-7(2)5-8(3)10(9)11;1-4-9-8(3)7(2)5-6-10(9)11;1-4-9-6-5-7(2)8(3)10(9)11;1-4-9-7(2)5-6-8(3)10(9)11;1-3-8-4-5-9(10)6-7(8)2;1-3-8-4-5-9(10)7(2)6-8/h6*4,7-11H,1,5-6H2,2-3H3;2*3,7-10H,1,4-6H2,2H3. The minimum atomic E-state index is -0.156. The second-order valence-electron chi connectivity index (χ2n) is 29.9. The van der Waals surface area contributed by atoms with E-state index in [-0.39, 0.29) is 48.8 Å². The van der Waals surface area contributed by atoms with Crippen molar-refractivity contribution in [1.82, 2.24) is 0 Å². The SMILES string of the molecule is C=CC1C(C)CC(C)CC1O.C=CC1C(C)CCC(C)C1O.C=CC1C(O)CCC(C)C1C.C=CC1CC(C)C(C)CC1O.C=CC1CC(C)CC(C)C1O.C=CC1CCC(C)C(C)C1O.C=CC1CCC(O)C(C)C1.C=CC1CCC(O)CC1C. The van der Waals surface area contributed by atoms with Crippen LogP contribution in [0.2, 0.25) is 0 Å². The average molecular weight is 1210 g/mol. The van der Waals surface area contributed by atoms with Crippen LogP contribution in [0.5, 0.6) is 0 Å². The second kappa shape index (κ2) is 42.6. The second-order valence-corrected chi connectivity index (χ2v) is 29.9. The summed E-state index contributed by atoms with van der Waals surface area (Å²) in [5, 5.41) is 76.6. The van der Waals surface area contributed by atoms with Crippen molar-refractivity contribution >= 4 is 0 Å². The van der Waals surface area contributed by atoms with Gasteiger partial charge in [-0.05, 0) is 210 Å². The van der Waals surface area contributed by atoms with E-state index in [1.165, 1.54) is 19.3 Å². The molecule has 8 rings (SSSR count). The molecule has 0 aromatic heterocycles.